The Morgan fingerprint density at radius 1 is 1.47 bits per heavy atom. The predicted octanol–water partition coefficient (Wildman–Crippen LogP) is 2.29. The Bertz CT molecular complexity index is 436. The molecule has 0 aromatic heterocycles. The molecular weight excluding hydrogens is 258 g/mol. The summed E-state index contributed by atoms with van der Waals surface area (Å²) in [6.07, 6.45) is 2.43. The zero-order valence-corrected chi connectivity index (χ0v) is 12.1. The zero-order chi connectivity index (χ0) is 13.7. The van der Waals surface area contributed by atoms with Crippen LogP contribution in [0.15, 0.2) is 24.3 Å². The molecular formula is C15H21NO2S. The third-order valence-corrected chi connectivity index (χ3v) is 4.44. The number of nitrogens with one attached hydrogen (secondary N) is 1. The van der Waals surface area contributed by atoms with Crippen LogP contribution >= 0.6 is 11.8 Å². The monoisotopic (exact) mass is 279 g/mol. The average Bonchev–Trinajstić information content (AvgIpc) is 2.72. The molecule has 0 spiro atoms. The summed E-state index contributed by atoms with van der Waals surface area (Å²) in [5, 5.41) is 13.0. The molecule has 19 heavy (non-hydrogen) atoms. The van der Waals surface area contributed by atoms with Gasteiger partial charge in [0, 0.05) is 6.42 Å². The normalized spacial score (nSPS) is 21.2. The highest BCUT2D eigenvalue weighted by Crippen LogP contribution is 2.31. The average molecular weight is 279 g/mol. The van der Waals surface area contributed by atoms with Gasteiger partial charge in [-0.3, -0.25) is 4.79 Å². The summed E-state index contributed by atoms with van der Waals surface area (Å²) < 4.78 is 0. The van der Waals surface area contributed by atoms with Crippen LogP contribution in [-0.2, 0) is 11.2 Å². The minimum absolute atomic E-state index is 0.0156. The van der Waals surface area contributed by atoms with Gasteiger partial charge in [0.1, 0.15) is 0 Å². The molecule has 1 aromatic rings. The summed E-state index contributed by atoms with van der Waals surface area (Å²) >= 11 is 1.66. The number of hydrogen-bond acceptors (Lipinski definition) is 3. The first-order valence-electron chi connectivity index (χ1n) is 6.85. The first-order chi connectivity index (χ1) is 9.22. The summed E-state index contributed by atoms with van der Waals surface area (Å²) in [5.41, 5.74) is 2.20. The number of carbonyl (C=O) groups excluding carboxylic acids is 1. The molecule has 3 nitrogen and oxygen atoms in total. The third-order valence-electron chi connectivity index (χ3n) is 3.40. The van der Waals surface area contributed by atoms with Crippen molar-refractivity contribution in [3.63, 3.8) is 0 Å². The molecule has 1 amide bonds. The highest BCUT2D eigenvalue weighted by molar-refractivity contribution is 7.99. The van der Waals surface area contributed by atoms with Gasteiger partial charge in [0.05, 0.1) is 17.9 Å². The third kappa shape index (κ3) is 3.74. The second-order valence-electron chi connectivity index (χ2n) is 4.92. The fraction of sp³-hybridized carbons (Fsp3) is 0.533. The van der Waals surface area contributed by atoms with Crippen molar-refractivity contribution in [3.8, 4) is 0 Å². The van der Waals surface area contributed by atoms with Gasteiger partial charge in [0.15, 0.2) is 0 Å². The SMILES string of the molecule is CCCCSCC(=O)N[C@H]1c2ccccc2C[C@H]1O. The van der Waals surface area contributed by atoms with Crippen molar-refractivity contribution in [2.75, 3.05) is 11.5 Å². The van der Waals surface area contributed by atoms with E-state index in [0.29, 0.717) is 12.2 Å². The van der Waals surface area contributed by atoms with Crippen molar-refractivity contribution < 1.29 is 9.90 Å². The maximum absolute atomic E-state index is 11.9. The minimum Gasteiger partial charge on any atom is -0.390 e. The number of amides is 1. The molecule has 4 heteroatoms. The molecule has 2 rings (SSSR count). The van der Waals surface area contributed by atoms with Crippen molar-refractivity contribution in [2.45, 2.75) is 38.3 Å². The molecule has 0 saturated heterocycles. The summed E-state index contributed by atoms with van der Waals surface area (Å²) in [4.78, 5) is 11.9. The van der Waals surface area contributed by atoms with Gasteiger partial charge in [0.2, 0.25) is 5.91 Å². The first-order valence-corrected chi connectivity index (χ1v) is 8.00. The molecule has 0 radical (unpaired) electrons. The van der Waals surface area contributed by atoms with Gasteiger partial charge >= 0.3 is 0 Å². The second kappa shape index (κ2) is 6.96. The molecule has 2 atom stereocenters. The lowest BCUT2D eigenvalue weighted by Gasteiger charge is -2.17. The summed E-state index contributed by atoms with van der Waals surface area (Å²) in [6, 6.07) is 7.68. The number of aliphatic hydroxyl groups excluding tert-OH is 1. The van der Waals surface area contributed by atoms with Crippen LogP contribution in [0.2, 0.25) is 0 Å². The molecule has 0 unspecified atom stereocenters. The van der Waals surface area contributed by atoms with Crippen LogP contribution in [0.4, 0.5) is 0 Å². The van der Waals surface area contributed by atoms with Crippen LogP contribution < -0.4 is 5.32 Å². The lowest BCUT2D eigenvalue weighted by Crippen LogP contribution is -2.35. The molecule has 1 aromatic carbocycles. The van der Waals surface area contributed by atoms with Crippen LogP contribution in [0.1, 0.15) is 36.9 Å². The Hall–Kier alpha value is -1.00. The quantitative estimate of drug-likeness (QED) is 0.786. The van der Waals surface area contributed by atoms with Crippen LogP contribution in [0.5, 0.6) is 0 Å². The Labute approximate surface area is 118 Å². The Morgan fingerprint density at radius 2 is 2.26 bits per heavy atom. The van der Waals surface area contributed by atoms with Gasteiger partial charge in [-0.25, -0.2) is 0 Å². The van der Waals surface area contributed by atoms with E-state index < -0.39 is 6.10 Å². The number of hydrogen-bond donors (Lipinski definition) is 2. The Morgan fingerprint density at radius 3 is 3.05 bits per heavy atom. The zero-order valence-electron chi connectivity index (χ0n) is 11.3. The molecule has 1 aliphatic carbocycles. The van der Waals surface area contributed by atoms with E-state index in [-0.39, 0.29) is 11.9 Å². The minimum atomic E-state index is -0.498. The summed E-state index contributed by atoms with van der Waals surface area (Å²) in [7, 11) is 0. The number of fused-ring (bicyclic) bond motifs is 1. The molecule has 0 aliphatic heterocycles. The number of carbonyl (C=O) groups is 1. The van der Waals surface area contributed by atoms with Crippen molar-refractivity contribution in [2.24, 2.45) is 0 Å². The molecule has 2 N–H and O–H groups in total. The van der Waals surface area contributed by atoms with E-state index in [1.165, 1.54) is 0 Å². The maximum atomic E-state index is 11.9. The summed E-state index contributed by atoms with van der Waals surface area (Å²) in [5.74, 6) is 1.51. The van der Waals surface area contributed by atoms with Crippen LogP contribution in [-0.4, -0.2) is 28.6 Å². The number of rotatable bonds is 6. The van der Waals surface area contributed by atoms with Crippen molar-refractivity contribution >= 4 is 17.7 Å². The van der Waals surface area contributed by atoms with Gasteiger partial charge in [-0.15, -0.1) is 0 Å². The molecule has 0 fully saturated rings. The highest BCUT2D eigenvalue weighted by Gasteiger charge is 2.31. The smallest absolute Gasteiger partial charge is 0.230 e. The second-order valence-corrected chi connectivity index (χ2v) is 6.03. The van der Waals surface area contributed by atoms with E-state index in [2.05, 4.69) is 12.2 Å². The van der Waals surface area contributed by atoms with Gasteiger partial charge in [-0.2, -0.15) is 11.8 Å². The number of unbranched alkanes of at least 4 members (excludes halogenated alkanes) is 1. The van der Waals surface area contributed by atoms with Crippen LogP contribution in [0, 0.1) is 0 Å². The molecule has 0 bridgehead atoms. The largest absolute Gasteiger partial charge is 0.390 e. The lowest BCUT2D eigenvalue weighted by atomic mass is 10.1. The topological polar surface area (TPSA) is 49.3 Å². The van der Waals surface area contributed by atoms with Crippen molar-refractivity contribution in [1.29, 1.82) is 0 Å². The summed E-state index contributed by atoms with van der Waals surface area (Å²) in [6.45, 7) is 2.15. The van der Waals surface area contributed by atoms with E-state index in [4.69, 9.17) is 0 Å². The molecule has 0 heterocycles. The number of thioether (sulfide) groups is 1. The van der Waals surface area contributed by atoms with Crippen molar-refractivity contribution in [3.05, 3.63) is 35.4 Å². The van der Waals surface area contributed by atoms with E-state index in [9.17, 15) is 9.90 Å². The van der Waals surface area contributed by atoms with E-state index in [1.54, 1.807) is 11.8 Å². The van der Waals surface area contributed by atoms with E-state index in [1.807, 2.05) is 24.3 Å². The van der Waals surface area contributed by atoms with E-state index in [0.717, 1.165) is 29.7 Å². The fourth-order valence-corrected chi connectivity index (χ4v) is 3.28. The Kier molecular flexibility index (Phi) is 5.28. The molecule has 104 valence electrons. The van der Waals surface area contributed by atoms with Crippen molar-refractivity contribution in [1.82, 2.24) is 5.32 Å². The molecule has 0 saturated carbocycles. The fourth-order valence-electron chi connectivity index (χ4n) is 2.37. The maximum Gasteiger partial charge on any atom is 0.230 e. The van der Waals surface area contributed by atoms with Gasteiger partial charge < -0.3 is 10.4 Å². The van der Waals surface area contributed by atoms with Gasteiger partial charge in [-0.05, 0) is 23.3 Å². The first kappa shape index (κ1) is 14.4. The Balaban J connectivity index is 1.87. The molecule has 1 aliphatic rings. The van der Waals surface area contributed by atoms with Gasteiger partial charge in [-0.1, -0.05) is 37.6 Å². The highest BCUT2D eigenvalue weighted by atomic mass is 32.2. The lowest BCUT2D eigenvalue weighted by molar-refractivity contribution is -0.120. The van der Waals surface area contributed by atoms with Crippen LogP contribution in [0.25, 0.3) is 0 Å². The number of aliphatic hydroxyl groups is 1. The number of benzene rings is 1. The van der Waals surface area contributed by atoms with Crippen LogP contribution in [0.3, 0.4) is 0 Å². The standard InChI is InChI=1S/C15H21NO2S/c1-2-3-8-19-10-14(18)16-15-12-7-5-4-6-11(12)9-13(15)17/h4-7,13,15,17H,2-3,8-10H2,1H3,(H,16,18)/t13-,15+/m1/s1. The van der Waals surface area contributed by atoms with E-state index >= 15 is 0 Å². The van der Waals surface area contributed by atoms with Gasteiger partial charge in [0.25, 0.3) is 0 Å². The predicted molar refractivity (Wildman–Crippen MR) is 79.3 cm³/mol.